The lowest BCUT2D eigenvalue weighted by atomic mass is 9.96. The Kier molecular flexibility index (Phi) is 23.4. The second-order valence-corrected chi connectivity index (χ2v) is 24.7. The van der Waals surface area contributed by atoms with Crippen LogP contribution in [-0.2, 0) is 33.5 Å². The van der Waals surface area contributed by atoms with Crippen LogP contribution < -0.4 is 31.3 Å². The first-order chi connectivity index (χ1) is 42.0. The highest BCUT2D eigenvalue weighted by Gasteiger charge is 2.50. The summed E-state index contributed by atoms with van der Waals surface area (Å²) in [6, 6.07) is 15.3. The van der Waals surface area contributed by atoms with Crippen molar-refractivity contribution in [3.05, 3.63) is 108 Å². The lowest BCUT2D eigenvalue weighted by molar-refractivity contribution is -0.873. The average Bonchev–Trinajstić information content (AvgIpc) is 2.54. The number of carbonyl (C=O) groups is 7. The van der Waals surface area contributed by atoms with Gasteiger partial charge in [0.25, 0.3) is 5.91 Å². The second-order valence-electron chi connectivity index (χ2n) is 24.7. The molecule has 484 valence electrons. The molecular weight excluding hydrogens is 1150 g/mol. The Morgan fingerprint density at radius 2 is 1.18 bits per heavy atom. The number of rotatable bonds is 18. The second kappa shape index (κ2) is 30.3. The first kappa shape index (κ1) is 68.9. The number of aliphatic hydroxyl groups is 7. The molecule has 0 unspecified atom stereocenters. The molecule has 0 saturated carbocycles. The first-order valence-electron chi connectivity index (χ1n) is 30.1. The molecule has 3 saturated heterocycles. The van der Waals surface area contributed by atoms with Crippen LogP contribution in [0, 0.1) is 5.92 Å². The van der Waals surface area contributed by atoms with E-state index in [1.165, 1.54) is 43.3 Å². The normalized spacial score (nSPS) is 26.9. The Bertz CT molecular complexity index is 3070. The van der Waals surface area contributed by atoms with E-state index in [-0.39, 0.29) is 30.0 Å². The van der Waals surface area contributed by atoms with Gasteiger partial charge in [0.2, 0.25) is 35.4 Å². The summed E-state index contributed by atoms with van der Waals surface area (Å²) in [5.74, 6) is -8.26. The quantitative estimate of drug-likeness (QED) is 0.0467. The zero-order chi connectivity index (χ0) is 65.2. The third-order valence-electron chi connectivity index (χ3n) is 16.2. The molecule has 0 spiro atoms. The number of phenols is 1. The molecule has 13 N–H and O–H groups in total. The lowest BCUT2D eigenvalue weighted by Crippen LogP contribution is -2.64. The number of phenolic OH excluding ortho intramolecular Hbond substituents is 1. The Labute approximate surface area is 517 Å². The molecule has 4 aromatic carbocycles. The fourth-order valence-corrected chi connectivity index (χ4v) is 11.4. The molecule has 0 aromatic heterocycles. The van der Waals surface area contributed by atoms with Crippen molar-refractivity contribution in [1.29, 1.82) is 0 Å². The van der Waals surface area contributed by atoms with E-state index in [2.05, 4.69) is 33.5 Å². The van der Waals surface area contributed by atoms with Crippen LogP contribution in [0.5, 0.6) is 11.5 Å². The van der Waals surface area contributed by atoms with Gasteiger partial charge in [0, 0.05) is 37.4 Å². The van der Waals surface area contributed by atoms with Gasteiger partial charge in [-0.15, -0.1) is 0 Å². The number of quaternary nitrogens is 1. The van der Waals surface area contributed by atoms with E-state index < -0.39 is 158 Å². The summed E-state index contributed by atoms with van der Waals surface area (Å²) < 4.78 is 12.5. The molecule has 89 heavy (non-hydrogen) atoms. The molecule has 25 nitrogen and oxygen atoms in total. The van der Waals surface area contributed by atoms with E-state index in [4.69, 9.17) is 9.47 Å². The molecule has 3 aliphatic rings. The molecule has 4 aromatic rings. The van der Waals surface area contributed by atoms with Gasteiger partial charge >= 0.3 is 0 Å². The summed E-state index contributed by atoms with van der Waals surface area (Å²) in [5, 5.41) is 103. The molecule has 7 amide bonds. The lowest BCUT2D eigenvalue weighted by Gasteiger charge is -2.35. The molecule has 3 fully saturated rings. The van der Waals surface area contributed by atoms with Gasteiger partial charge < -0.3 is 91.2 Å². The van der Waals surface area contributed by atoms with Crippen molar-refractivity contribution in [2.75, 3.05) is 47.4 Å². The van der Waals surface area contributed by atoms with Crippen LogP contribution in [-0.4, -0.2) is 229 Å². The van der Waals surface area contributed by atoms with Crippen LogP contribution >= 0.6 is 0 Å². The highest BCUT2D eigenvalue weighted by molar-refractivity contribution is 6.00. The zero-order valence-electron chi connectivity index (χ0n) is 51.4. The standard InChI is InChI=1S/C64H86N8O17/c1-9-10-11-28-88-46-26-22-41(23-27-46)39-14-12-38(13-15-39)40-16-18-43(19-17-40)57(81)65-47-30-49(77)62(89-35(3)33-72(6,7)8)69-61(85)53-54(78)34(2)31-71(53)64(87)51(37(5)74)67-60(84)52(56(80)55(79)42-20-24-44(75)25-21-42)68-59(83)48-29-45(76)32-70(48)63(86)50(36(4)73)66-58(47)82/h12-27,34-37,45,47-56,62,73-74,76-80H,9-11,28-33H2,1-8H3,(H5-,65,66,67,68,69,75,81,82,83,84,85)/p+1/t34-,35-,36+,37+,45+,47-,48-,49+,50-,51-,52-,53-,54-,55-,56-,62+/m0/s1. The van der Waals surface area contributed by atoms with Gasteiger partial charge in [-0.2, -0.15) is 0 Å². The number of aromatic hydroxyl groups is 1. The van der Waals surface area contributed by atoms with E-state index in [9.17, 15) is 74.4 Å². The number of hydrogen-bond acceptors (Lipinski definition) is 17. The number of aliphatic hydroxyl groups excluding tert-OH is 7. The number of fused-ring (bicyclic) bond motifs is 2. The number of benzene rings is 4. The molecule has 3 heterocycles. The number of amides is 7. The van der Waals surface area contributed by atoms with Gasteiger partial charge in [0.15, 0.2) is 6.23 Å². The maximum absolute atomic E-state index is 14.9. The fourth-order valence-electron chi connectivity index (χ4n) is 11.4. The monoisotopic (exact) mass is 1240 g/mol. The Morgan fingerprint density at radius 3 is 1.73 bits per heavy atom. The highest BCUT2D eigenvalue weighted by atomic mass is 16.5. The molecule has 25 heteroatoms. The number of likely N-dealkylation sites (N-methyl/N-ethyl adjacent to an activating group) is 1. The third kappa shape index (κ3) is 17.6. The number of ether oxygens (including phenoxy) is 2. The summed E-state index contributed by atoms with van der Waals surface area (Å²) in [7, 11) is 5.56. The molecule has 0 radical (unpaired) electrons. The van der Waals surface area contributed by atoms with E-state index in [0.29, 0.717) is 11.1 Å². The van der Waals surface area contributed by atoms with Crippen LogP contribution in [0.4, 0.5) is 0 Å². The van der Waals surface area contributed by atoms with E-state index >= 15 is 0 Å². The SMILES string of the molecule is CCCCCOc1ccc(-c2ccc(-c3ccc(C(=O)N[C@H]4C[C@@H](O)[C@@H](O[C@@H](C)C[N+](C)(C)C)NC(=O)[C@@H]5[C@@H](O)[C@@H](C)CN5C(=O)[C@H]([C@@H](C)O)NC(=O)[C@H]([C@H](O)[C@@H](O)c5ccc(O)cc5)NC(=O)[C@@H]5C[C@@H](O)CN5C(=O)[C@H]([C@@H](C)O)NC4=O)cc3)cc2)cc1. The number of nitrogens with one attached hydrogen (secondary N) is 5. The van der Waals surface area contributed by atoms with Gasteiger partial charge in [-0.05, 0) is 91.4 Å². The zero-order valence-corrected chi connectivity index (χ0v) is 51.4. The molecule has 3 aliphatic heterocycles. The number of carbonyl (C=O) groups excluding carboxylic acids is 7. The van der Waals surface area contributed by atoms with Gasteiger partial charge in [0.05, 0.1) is 52.2 Å². The Hall–Kier alpha value is -7.59. The third-order valence-corrected chi connectivity index (χ3v) is 16.2. The van der Waals surface area contributed by atoms with Crippen LogP contribution in [0.2, 0.25) is 0 Å². The molecule has 0 bridgehead atoms. The Morgan fingerprint density at radius 1 is 0.652 bits per heavy atom. The number of unbranched alkanes of at least 4 members (excludes halogenated alkanes) is 2. The van der Waals surface area contributed by atoms with Crippen molar-refractivity contribution in [2.45, 2.75) is 158 Å². The van der Waals surface area contributed by atoms with E-state index in [1.54, 1.807) is 19.1 Å². The molecule has 7 rings (SSSR count). The van der Waals surface area contributed by atoms with Crippen molar-refractivity contribution < 1.29 is 88.4 Å². The summed E-state index contributed by atoms with van der Waals surface area (Å²) in [6.45, 7) is 7.57. The van der Waals surface area contributed by atoms with Gasteiger partial charge in [0.1, 0.15) is 78.7 Å². The summed E-state index contributed by atoms with van der Waals surface area (Å²) in [5.41, 5.74) is 3.47. The van der Waals surface area contributed by atoms with Crippen LogP contribution in [0.3, 0.4) is 0 Å². The van der Waals surface area contributed by atoms with Crippen molar-refractivity contribution in [1.82, 2.24) is 36.4 Å². The summed E-state index contributed by atoms with van der Waals surface area (Å²) in [4.78, 5) is 104. The highest BCUT2D eigenvalue weighted by Crippen LogP contribution is 2.30. The number of hydrogen-bond donors (Lipinski definition) is 13. The van der Waals surface area contributed by atoms with Gasteiger partial charge in [-0.1, -0.05) is 87.4 Å². The summed E-state index contributed by atoms with van der Waals surface area (Å²) in [6.07, 6.45) is -13.5. The maximum Gasteiger partial charge on any atom is 0.251 e. The number of nitrogens with zero attached hydrogens (tertiary/aromatic N) is 3. The van der Waals surface area contributed by atoms with E-state index in [0.717, 1.165) is 70.9 Å². The Balaban J connectivity index is 1.24. The van der Waals surface area contributed by atoms with Crippen molar-refractivity contribution in [3.8, 4) is 33.8 Å². The average molecular weight is 1240 g/mol. The van der Waals surface area contributed by atoms with Crippen molar-refractivity contribution in [2.24, 2.45) is 5.92 Å². The van der Waals surface area contributed by atoms with Gasteiger partial charge in [-0.25, -0.2) is 0 Å². The molecule has 16 atom stereocenters. The maximum atomic E-state index is 14.9. The predicted molar refractivity (Wildman–Crippen MR) is 325 cm³/mol. The predicted octanol–water partition coefficient (Wildman–Crippen LogP) is 0.192. The smallest absolute Gasteiger partial charge is 0.251 e. The fraction of sp³-hybridized carbons (Fsp3) is 0.516. The van der Waals surface area contributed by atoms with Crippen LogP contribution in [0.1, 0.15) is 88.7 Å². The van der Waals surface area contributed by atoms with Crippen LogP contribution in [0.15, 0.2) is 97.1 Å². The molecular formula is C64H87N8O17+. The summed E-state index contributed by atoms with van der Waals surface area (Å²) >= 11 is 0. The largest absolute Gasteiger partial charge is 0.508 e. The van der Waals surface area contributed by atoms with Crippen LogP contribution in [0.25, 0.3) is 22.3 Å². The molecule has 0 aliphatic carbocycles. The van der Waals surface area contributed by atoms with Gasteiger partial charge in [-0.3, -0.25) is 33.6 Å². The van der Waals surface area contributed by atoms with Crippen molar-refractivity contribution in [3.63, 3.8) is 0 Å². The van der Waals surface area contributed by atoms with Crippen molar-refractivity contribution >= 4 is 41.4 Å². The minimum atomic E-state index is -2.29. The topological polar surface area (TPSA) is 366 Å². The minimum absolute atomic E-state index is 0.0457. The van der Waals surface area contributed by atoms with E-state index in [1.807, 2.05) is 69.7 Å². The minimum Gasteiger partial charge on any atom is -0.508 e. The first-order valence-corrected chi connectivity index (χ1v) is 30.1.